The molecule has 212 valence electrons. The van der Waals surface area contributed by atoms with E-state index in [-0.39, 0.29) is 41.7 Å². The third-order valence-corrected chi connectivity index (χ3v) is 7.89. The van der Waals surface area contributed by atoms with Crippen molar-refractivity contribution in [3.8, 4) is 5.75 Å². The number of hydrogen-bond acceptors (Lipinski definition) is 6. The van der Waals surface area contributed by atoms with Crippen LogP contribution in [-0.4, -0.2) is 74.6 Å². The third-order valence-electron chi connectivity index (χ3n) is 7.89. The number of nitrogens with zero attached hydrogens (tertiary/aromatic N) is 3. The number of nitrogens with one attached hydrogen (secondary N) is 1. The number of aromatic nitrogens is 1. The van der Waals surface area contributed by atoms with Gasteiger partial charge >= 0.3 is 0 Å². The van der Waals surface area contributed by atoms with E-state index in [1.165, 1.54) is 29.4 Å². The number of hydrogen-bond donors (Lipinski definition) is 2. The number of amides is 3. The summed E-state index contributed by atoms with van der Waals surface area (Å²) < 4.78 is 0. The van der Waals surface area contributed by atoms with Crippen molar-refractivity contribution in [1.82, 2.24) is 20.1 Å². The monoisotopic (exact) mass is 554 g/mol. The van der Waals surface area contributed by atoms with Gasteiger partial charge in [-0.2, -0.15) is 0 Å². The lowest BCUT2D eigenvalue weighted by molar-refractivity contribution is -0.138. The van der Waals surface area contributed by atoms with Crippen LogP contribution in [0, 0.1) is 0 Å². The standard InChI is InChI=1S/C32H34N4O5/c1-32(2,3)23-8-6-21(7-9-23)29(39)34-25(18-20-4-10-24(37)11-5-20)31(41)35-17-14-26-28(35)27(38)19-36(26)30(40)22-12-15-33-16-13-22/h4-13,15-16,25-26,28,37H,14,17-19H2,1-3H3,(H,34,39)/t25-,26?,28?/m0/s1. The van der Waals surface area contributed by atoms with E-state index in [2.05, 4.69) is 31.1 Å². The van der Waals surface area contributed by atoms with Gasteiger partial charge in [0.1, 0.15) is 17.8 Å². The fourth-order valence-corrected chi connectivity index (χ4v) is 5.63. The zero-order chi connectivity index (χ0) is 29.3. The van der Waals surface area contributed by atoms with Gasteiger partial charge in [-0.25, -0.2) is 0 Å². The van der Waals surface area contributed by atoms with Gasteiger partial charge in [0.2, 0.25) is 5.91 Å². The predicted molar refractivity (Wildman–Crippen MR) is 152 cm³/mol. The summed E-state index contributed by atoms with van der Waals surface area (Å²) in [5, 5.41) is 12.6. The summed E-state index contributed by atoms with van der Waals surface area (Å²) in [6.45, 7) is 6.49. The molecule has 1 aromatic heterocycles. The molecule has 2 unspecified atom stereocenters. The number of carbonyl (C=O) groups excluding carboxylic acids is 4. The van der Waals surface area contributed by atoms with E-state index in [1.54, 1.807) is 41.3 Å². The molecule has 3 amide bonds. The summed E-state index contributed by atoms with van der Waals surface area (Å²) in [5.41, 5.74) is 2.62. The SMILES string of the molecule is CC(C)(C)c1ccc(C(=O)N[C@@H](Cc2ccc(O)cc2)C(=O)N2CCC3C2C(=O)CN3C(=O)c2ccncc2)cc1. The molecule has 2 aliphatic rings. The normalized spacial score (nSPS) is 19.1. The first-order valence-electron chi connectivity index (χ1n) is 13.8. The minimum Gasteiger partial charge on any atom is -0.508 e. The Labute approximate surface area is 239 Å². The van der Waals surface area contributed by atoms with Crippen LogP contribution in [0.25, 0.3) is 0 Å². The van der Waals surface area contributed by atoms with Crippen LogP contribution in [0.3, 0.4) is 0 Å². The Kier molecular flexibility index (Phi) is 7.62. The van der Waals surface area contributed by atoms with Gasteiger partial charge in [0.15, 0.2) is 5.78 Å². The van der Waals surface area contributed by atoms with Crippen molar-refractivity contribution in [2.75, 3.05) is 13.1 Å². The molecule has 3 atom stereocenters. The van der Waals surface area contributed by atoms with E-state index in [0.29, 0.717) is 24.1 Å². The number of phenolic OH excluding ortho intramolecular Hbond substituents is 1. The number of pyridine rings is 1. The molecule has 2 N–H and O–H groups in total. The van der Waals surface area contributed by atoms with E-state index in [0.717, 1.165) is 11.1 Å². The summed E-state index contributed by atoms with van der Waals surface area (Å²) in [6.07, 6.45) is 3.69. The highest BCUT2D eigenvalue weighted by Crippen LogP contribution is 2.32. The molecule has 5 rings (SSSR count). The number of carbonyl (C=O) groups is 4. The molecule has 3 heterocycles. The summed E-state index contributed by atoms with van der Waals surface area (Å²) in [4.78, 5) is 60.7. The average molecular weight is 555 g/mol. The Morgan fingerprint density at radius 2 is 1.61 bits per heavy atom. The van der Waals surface area contributed by atoms with Gasteiger partial charge in [0, 0.05) is 36.5 Å². The van der Waals surface area contributed by atoms with Crippen LogP contribution in [0.15, 0.2) is 73.1 Å². The van der Waals surface area contributed by atoms with Crippen molar-refractivity contribution >= 4 is 23.5 Å². The third kappa shape index (κ3) is 5.84. The Hall–Kier alpha value is -4.53. The quantitative estimate of drug-likeness (QED) is 0.483. The molecule has 0 saturated carbocycles. The summed E-state index contributed by atoms with van der Waals surface area (Å²) in [5.74, 6) is -1.15. The highest BCUT2D eigenvalue weighted by Gasteiger charge is 2.52. The maximum Gasteiger partial charge on any atom is 0.254 e. The lowest BCUT2D eigenvalue weighted by atomic mass is 9.86. The van der Waals surface area contributed by atoms with Crippen LogP contribution in [0.5, 0.6) is 5.75 Å². The van der Waals surface area contributed by atoms with Crippen molar-refractivity contribution in [3.63, 3.8) is 0 Å². The van der Waals surface area contributed by atoms with Crippen LogP contribution < -0.4 is 5.32 Å². The molecule has 41 heavy (non-hydrogen) atoms. The first-order chi connectivity index (χ1) is 19.5. The van der Waals surface area contributed by atoms with Gasteiger partial charge in [0.25, 0.3) is 11.8 Å². The molecule has 0 aliphatic carbocycles. The van der Waals surface area contributed by atoms with Crippen LogP contribution in [0.2, 0.25) is 0 Å². The molecule has 9 heteroatoms. The van der Waals surface area contributed by atoms with Gasteiger partial charge in [-0.05, 0) is 59.4 Å². The maximum absolute atomic E-state index is 14.0. The molecule has 3 aromatic rings. The molecule has 9 nitrogen and oxygen atoms in total. The number of ketones is 1. The second-order valence-electron chi connectivity index (χ2n) is 11.7. The second kappa shape index (κ2) is 11.2. The average Bonchev–Trinajstić information content (AvgIpc) is 3.54. The molecule has 2 fully saturated rings. The van der Waals surface area contributed by atoms with Crippen molar-refractivity contribution < 1.29 is 24.3 Å². The van der Waals surface area contributed by atoms with E-state index in [4.69, 9.17) is 0 Å². The molecule has 2 aromatic carbocycles. The highest BCUT2D eigenvalue weighted by atomic mass is 16.3. The summed E-state index contributed by atoms with van der Waals surface area (Å²) in [7, 11) is 0. The van der Waals surface area contributed by atoms with Gasteiger partial charge in [0.05, 0.1) is 12.6 Å². The minimum absolute atomic E-state index is 0.0703. The first-order valence-corrected chi connectivity index (χ1v) is 13.8. The zero-order valence-electron chi connectivity index (χ0n) is 23.4. The lowest BCUT2D eigenvalue weighted by Gasteiger charge is -2.28. The number of Topliss-reactive ketones (excluding diaryl/α,β-unsaturated/α-hetero) is 1. The molecule has 2 saturated heterocycles. The number of benzene rings is 2. The van der Waals surface area contributed by atoms with E-state index < -0.39 is 24.0 Å². The summed E-state index contributed by atoms with van der Waals surface area (Å²) >= 11 is 0. The topological polar surface area (TPSA) is 120 Å². The van der Waals surface area contributed by atoms with Crippen LogP contribution in [-0.2, 0) is 21.4 Å². The molecular weight excluding hydrogens is 520 g/mol. The molecule has 2 aliphatic heterocycles. The van der Waals surface area contributed by atoms with Crippen molar-refractivity contribution in [1.29, 1.82) is 0 Å². The molecule has 0 bridgehead atoms. The van der Waals surface area contributed by atoms with Crippen molar-refractivity contribution in [2.24, 2.45) is 0 Å². The van der Waals surface area contributed by atoms with Gasteiger partial charge in [-0.1, -0.05) is 45.0 Å². The Morgan fingerprint density at radius 1 is 0.951 bits per heavy atom. The highest BCUT2D eigenvalue weighted by molar-refractivity contribution is 6.03. The fourth-order valence-electron chi connectivity index (χ4n) is 5.63. The van der Waals surface area contributed by atoms with Gasteiger partial charge in [-0.15, -0.1) is 0 Å². The van der Waals surface area contributed by atoms with E-state index in [9.17, 15) is 24.3 Å². The Bertz CT molecular complexity index is 1450. The maximum atomic E-state index is 14.0. The molecule has 0 radical (unpaired) electrons. The van der Waals surface area contributed by atoms with E-state index >= 15 is 0 Å². The smallest absolute Gasteiger partial charge is 0.254 e. The van der Waals surface area contributed by atoms with Crippen LogP contribution in [0.1, 0.15) is 59.0 Å². The minimum atomic E-state index is -0.953. The predicted octanol–water partition coefficient (Wildman–Crippen LogP) is 3.12. The molecule has 0 spiro atoms. The fraction of sp³-hybridized carbons (Fsp3) is 0.344. The summed E-state index contributed by atoms with van der Waals surface area (Å²) in [6, 6.07) is 14.8. The number of likely N-dealkylation sites (tertiary alicyclic amines) is 2. The van der Waals surface area contributed by atoms with Gasteiger partial charge < -0.3 is 20.2 Å². The number of phenols is 1. The molecular formula is C32H34N4O5. The lowest BCUT2D eigenvalue weighted by Crippen LogP contribution is -2.53. The largest absolute Gasteiger partial charge is 0.508 e. The number of aromatic hydroxyl groups is 1. The first kappa shape index (κ1) is 28.0. The second-order valence-corrected chi connectivity index (χ2v) is 11.7. The van der Waals surface area contributed by atoms with E-state index in [1.807, 2.05) is 12.1 Å². The zero-order valence-corrected chi connectivity index (χ0v) is 23.4. The van der Waals surface area contributed by atoms with Crippen molar-refractivity contribution in [3.05, 3.63) is 95.3 Å². The van der Waals surface area contributed by atoms with Crippen LogP contribution >= 0.6 is 0 Å². The Balaban J connectivity index is 1.37. The van der Waals surface area contributed by atoms with Gasteiger partial charge in [-0.3, -0.25) is 24.2 Å². The number of rotatable bonds is 6. The number of fused-ring (bicyclic) bond motifs is 1. The Morgan fingerprint density at radius 3 is 2.24 bits per heavy atom. The van der Waals surface area contributed by atoms with Crippen molar-refractivity contribution in [2.45, 2.75) is 57.2 Å². The van der Waals surface area contributed by atoms with Crippen LogP contribution in [0.4, 0.5) is 0 Å².